The molecule has 2 aromatic carbocycles. The number of hydrogen-bond acceptors (Lipinski definition) is 2. The Labute approximate surface area is 118 Å². The third-order valence-electron chi connectivity index (χ3n) is 2.43. The van der Waals surface area contributed by atoms with E-state index in [0.29, 0.717) is 10.7 Å². The van der Waals surface area contributed by atoms with Crippen molar-refractivity contribution in [2.75, 3.05) is 5.32 Å². The lowest BCUT2D eigenvalue weighted by Gasteiger charge is -2.11. The monoisotopic (exact) mass is 299 g/mol. The molecule has 2 rings (SSSR count). The molecule has 0 spiro atoms. The van der Waals surface area contributed by atoms with E-state index in [4.69, 9.17) is 28.3 Å². The van der Waals surface area contributed by atoms with Crippen LogP contribution in [0.1, 0.15) is 10.4 Å². The van der Waals surface area contributed by atoms with Gasteiger partial charge >= 0.3 is 5.97 Å². The predicted octanol–water partition coefficient (Wildman–Crippen LogP) is 4.57. The average molecular weight is 300 g/mol. The largest absolute Gasteiger partial charge is 0.478 e. The van der Waals surface area contributed by atoms with Crippen LogP contribution >= 0.6 is 23.2 Å². The Bertz CT molecular complexity index is 647. The first-order valence-electron chi connectivity index (χ1n) is 5.23. The van der Waals surface area contributed by atoms with Crippen molar-refractivity contribution in [3.63, 3.8) is 0 Å². The topological polar surface area (TPSA) is 49.3 Å². The number of rotatable bonds is 3. The Morgan fingerprint density at radius 1 is 1.16 bits per heavy atom. The fourth-order valence-electron chi connectivity index (χ4n) is 1.55. The Morgan fingerprint density at radius 2 is 1.89 bits per heavy atom. The van der Waals surface area contributed by atoms with Crippen molar-refractivity contribution in [1.82, 2.24) is 0 Å². The summed E-state index contributed by atoms with van der Waals surface area (Å²) < 4.78 is 13.2. The van der Waals surface area contributed by atoms with Crippen molar-refractivity contribution in [1.29, 1.82) is 0 Å². The van der Waals surface area contributed by atoms with E-state index in [9.17, 15) is 9.18 Å². The highest BCUT2D eigenvalue weighted by molar-refractivity contribution is 6.43. The molecule has 0 heterocycles. The van der Waals surface area contributed by atoms with E-state index >= 15 is 0 Å². The van der Waals surface area contributed by atoms with Crippen LogP contribution in [0.3, 0.4) is 0 Å². The van der Waals surface area contributed by atoms with Crippen LogP contribution in [0.5, 0.6) is 0 Å². The first-order valence-corrected chi connectivity index (χ1v) is 5.98. The van der Waals surface area contributed by atoms with E-state index in [1.807, 2.05) is 0 Å². The molecule has 0 atom stereocenters. The summed E-state index contributed by atoms with van der Waals surface area (Å²) in [6, 6.07) is 8.20. The maximum absolute atomic E-state index is 13.2. The van der Waals surface area contributed by atoms with Gasteiger partial charge in [0.25, 0.3) is 0 Å². The SMILES string of the molecule is O=C(O)c1ccc(F)cc1Nc1cccc(Cl)c1Cl. The van der Waals surface area contributed by atoms with Gasteiger partial charge in [-0.3, -0.25) is 0 Å². The van der Waals surface area contributed by atoms with Gasteiger partial charge in [0.15, 0.2) is 0 Å². The fraction of sp³-hybridized carbons (Fsp3) is 0. The molecule has 0 aliphatic carbocycles. The zero-order valence-electron chi connectivity index (χ0n) is 9.45. The number of nitrogens with one attached hydrogen (secondary N) is 1. The molecule has 3 nitrogen and oxygen atoms in total. The number of aromatic carboxylic acids is 1. The van der Waals surface area contributed by atoms with Gasteiger partial charge in [-0.15, -0.1) is 0 Å². The van der Waals surface area contributed by atoms with E-state index in [0.717, 1.165) is 12.1 Å². The van der Waals surface area contributed by atoms with Crippen LogP contribution in [0.25, 0.3) is 0 Å². The smallest absolute Gasteiger partial charge is 0.337 e. The molecule has 6 heteroatoms. The molecule has 0 saturated carbocycles. The first kappa shape index (κ1) is 13.6. The van der Waals surface area contributed by atoms with Crippen LogP contribution in [-0.4, -0.2) is 11.1 Å². The molecular weight excluding hydrogens is 292 g/mol. The molecule has 0 unspecified atom stereocenters. The van der Waals surface area contributed by atoms with E-state index in [2.05, 4.69) is 5.32 Å². The maximum Gasteiger partial charge on any atom is 0.337 e. The number of halogens is 3. The fourth-order valence-corrected chi connectivity index (χ4v) is 1.90. The van der Waals surface area contributed by atoms with Gasteiger partial charge in [0.1, 0.15) is 5.82 Å². The number of benzene rings is 2. The van der Waals surface area contributed by atoms with Crippen molar-refractivity contribution in [3.05, 3.63) is 57.8 Å². The van der Waals surface area contributed by atoms with E-state index in [1.54, 1.807) is 18.2 Å². The second kappa shape index (κ2) is 5.47. The Morgan fingerprint density at radius 3 is 2.58 bits per heavy atom. The number of carboxylic acid groups (broad SMARTS) is 1. The van der Waals surface area contributed by atoms with E-state index < -0.39 is 11.8 Å². The molecule has 0 bridgehead atoms. The van der Waals surface area contributed by atoms with Gasteiger partial charge < -0.3 is 10.4 Å². The third-order valence-corrected chi connectivity index (χ3v) is 3.25. The summed E-state index contributed by atoms with van der Waals surface area (Å²) in [4.78, 5) is 11.1. The van der Waals surface area contributed by atoms with Gasteiger partial charge in [-0.25, -0.2) is 9.18 Å². The highest BCUT2D eigenvalue weighted by Gasteiger charge is 2.13. The van der Waals surface area contributed by atoms with Crippen LogP contribution in [-0.2, 0) is 0 Å². The van der Waals surface area contributed by atoms with Gasteiger partial charge in [0, 0.05) is 0 Å². The number of anilines is 2. The van der Waals surface area contributed by atoms with Gasteiger partial charge in [-0.1, -0.05) is 29.3 Å². The van der Waals surface area contributed by atoms with Gasteiger partial charge in [-0.2, -0.15) is 0 Å². The molecule has 2 N–H and O–H groups in total. The van der Waals surface area contributed by atoms with Crippen LogP contribution < -0.4 is 5.32 Å². The second-order valence-electron chi connectivity index (χ2n) is 3.72. The lowest BCUT2D eigenvalue weighted by Crippen LogP contribution is -2.03. The molecular formula is C13H8Cl2FNO2. The minimum absolute atomic E-state index is 0.0579. The molecule has 0 aliphatic rings. The minimum Gasteiger partial charge on any atom is -0.478 e. The van der Waals surface area contributed by atoms with Crippen molar-refractivity contribution in [2.24, 2.45) is 0 Å². The molecule has 2 aromatic rings. The predicted molar refractivity (Wildman–Crippen MR) is 73.1 cm³/mol. The standard InChI is InChI=1S/C13H8Cl2FNO2/c14-9-2-1-3-10(12(9)15)17-11-6-7(16)4-5-8(11)13(18)19/h1-6,17H,(H,18,19). The van der Waals surface area contributed by atoms with E-state index in [1.165, 1.54) is 6.07 Å². The Hall–Kier alpha value is -1.78. The summed E-state index contributed by atoms with van der Waals surface area (Å²) in [5.41, 5.74) is 0.455. The summed E-state index contributed by atoms with van der Waals surface area (Å²) in [5, 5.41) is 12.4. The summed E-state index contributed by atoms with van der Waals surface area (Å²) >= 11 is 11.8. The van der Waals surface area contributed by atoms with Gasteiger partial charge in [-0.05, 0) is 30.3 Å². The van der Waals surface area contributed by atoms with Crippen molar-refractivity contribution >= 4 is 40.5 Å². The average Bonchev–Trinajstić information content (AvgIpc) is 2.35. The lowest BCUT2D eigenvalue weighted by molar-refractivity contribution is 0.0698. The number of carbonyl (C=O) groups is 1. The highest BCUT2D eigenvalue weighted by Crippen LogP contribution is 2.32. The maximum atomic E-state index is 13.2. The molecule has 0 radical (unpaired) electrons. The summed E-state index contributed by atoms with van der Waals surface area (Å²) in [7, 11) is 0. The molecule has 0 saturated heterocycles. The van der Waals surface area contributed by atoms with Gasteiger partial charge in [0.2, 0.25) is 0 Å². The minimum atomic E-state index is -1.17. The summed E-state index contributed by atoms with van der Waals surface area (Å²) in [6.45, 7) is 0. The van der Waals surface area contributed by atoms with Crippen LogP contribution in [0, 0.1) is 5.82 Å². The highest BCUT2D eigenvalue weighted by atomic mass is 35.5. The Kier molecular flexibility index (Phi) is 3.93. The number of hydrogen-bond donors (Lipinski definition) is 2. The Balaban J connectivity index is 2.45. The third kappa shape index (κ3) is 2.97. The molecule has 19 heavy (non-hydrogen) atoms. The van der Waals surface area contributed by atoms with Crippen molar-refractivity contribution in [2.45, 2.75) is 0 Å². The number of carboxylic acids is 1. The first-order chi connectivity index (χ1) is 8.99. The molecule has 0 aromatic heterocycles. The summed E-state index contributed by atoms with van der Waals surface area (Å²) in [5.74, 6) is -1.72. The van der Waals surface area contributed by atoms with Crippen molar-refractivity contribution in [3.8, 4) is 0 Å². The lowest BCUT2D eigenvalue weighted by atomic mass is 10.1. The van der Waals surface area contributed by atoms with E-state index in [-0.39, 0.29) is 16.3 Å². The van der Waals surface area contributed by atoms with Crippen LogP contribution in [0.2, 0.25) is 10.0 Å². The quantitative estimate of drug-likeness (QED) is 0.872. The second-order valence-corrected chi connectivity index (χ2v) is 4.51. The van der Waals surface area contributed by atoms with Crippen molar-refractivity contribution < 1.29 is 14.3 Å². The summed E-state index contributed by atoms with van der Waals surface area (Å²) in [6.07, 6.45) is 0. The zero-order valence-corrected chi connectivity index (χ0v) is 11.0. The van der Waals surface area contributed by atoms with Gasteiger partial charge in [0.05, 0.1) is 27.0 Å². The molecule has 98 valence electrons. The van der Waals surface area contributed by atoms with Crippen LogP contribution in [0.15, 0.2) is 36.4 Å². The molecule has 0 aliphatic heterocycles. The molecule has 0 amide bonds. The van der Waals surface area contributed by atoms with Crippen LogP contribution in [0.4, 0.5) is 15.8 Å². The normalized spacial score (nSPS) is 10.3. The zero-order chi connectivity index (χ0) is 14.0. The molecule has 0 fully saturated rings.